The van der Waals surface area contributed by atoms with Gasteiger partial charge in [0.15, 0.2) is 0 Å². The van der Waals surface area contributed by atoms with E-state index in [2.05, 4.69) is 25.8 Å². The number of rotatable bonds is 4. The minimum absolute atomic E-state index is 0.0320. The van der Waals surface area contributed by atoms with Gasteiger partial charge in [-0.25, -0.2) is 4.98 Å². The van der Waals surface area contributed by atoms with Gasteiger partial charge in [0.2, 0.25) is 0 Å². The molecule has 0 saturated carbocycles. The van der Waals surface area contributed by atoms with Crippen LogP contribution < -0.4 is 4.90 Å². The second-order valence-electron chi connectivity index (χ2n) is 5.13. The van der Waals surface area contributed by atoms with E-state index in [1.807, 2.05) is 0 Å². The first-order valence-corrected chi connectivity index (χ1v) is 7.49. The molecule has 1 atom stereocenters. The van der Waals surface area contributed by atoms with Gasteiger partial charge in [0.1, 0.15) is 12.0 Å². The predicted molar refractivity (Wildman–Crippen MR) is 80.0 cm³/mol. The number of anilines is 1. The summed E-state index contributed by atoms with van der Waals surface area (Å²) in [5.74, 6) is 1.22. The highest BCUT2D eigenvalue weighted by atomic mass is 79.9. The van der Waals surface area contributed by atoms with Crippen molar-refractivity contribution >= 4 is 27.4 Å². The number of nitrogens with zero attached hydrogens (tertiary/aromatic N) is 3. The Morgan fingerprint density at radius 3 is 3.05 bits per heavy atom. The first kappa shape index (κ1) is 15.2. The molecule has 1 aliphatic heterocycles. The van der Waals surface area contributed by atoms with E-state index in [0.29, 0.717) is 16.0 Å². The zero-order chi connectivity index (χ0) is 14.7. The number of halogens is 1. The Morgan fingerprint density at radius 2 is 2.40 bits per heavy atom. The van der Waals surface area contributed by atoms with Gasteiger partial charge in [0, 0.05) is 25.3 Å². The summed E-state index contributed by atoms with van der Waals surface area (Å²) < 4.78 is 0.691. The molecule has 0 aromatic carbocycles. The van der Waals surface area contributed by atoms with Gasteiger partial charge >= 0.3 is 0 Å². The number of hydrogen-bond donors (Lipinski definition) is 1. The third-order valence-corrected chi connectivity index (χ3v) is 4.72. The van der Waals surface area contributed by atoms with Gasteiger partial charge < -0.3 is 10.0 Å². The Labute approximate surface area is 126 Å². The predicted octanol–water partition coefficient (Wildman–Crippen LogP) is 2.66. The zero-order valence-electron chi connectivity index (χ0n) is 11.4. The highest BCUT2D eigenvalue weighted by molar-refractivity contribution is 9.10. The Kier molecular flexibility index (Phi) is 4.93. The van der Waals surface area contributed by atoms with Crippen molar-refractivity contribution in [2.24, 2.45) is 5.92 Å². The molecule has 1 fully saturated rings. The van der Waals surface area contributed by atoms with Gasteiger partial charge in [-0.3, -0.25) is 10.1 Å². The number of piperidine rings is 1. The summed E-state index contributed by atoms with van der Waals surface area (Å²) in [4.78, 5) is 16.9. The number of pyridine rings is 1. The molecule has 110 valence electrons. The van der Waals surface area contributed by atoms with Crippen molar-refractivity contribution in [1.29, 1.82) is 0 Å². The number of nitro groups is 1. The summed E-state index contributed by atoms with van der Waals surface area (Å²) in [5, 5.41) is 20.0. The molecule has 1 N–H and O–H groups in total. The van der Waals surface area contributed by atoms with E-state index in [-0.39, 0.29) is 12.3 Å². The molecule has 0 spiro atoms. The maximum absolute atomic E-state index is 10.9. The highest BCUT2D eigenvalue weighted by Crippen LogP contribution is 2.34. The van der Waals surface area contributed by atoms with Crippen LogP contribution in [-0.2, 0) is 0 Å². The van der Waals surface area contributed by atoms with Crippen LogP contribution in [-0.4, -0.2) is 34.7 Å². The van der Waals surface area contributed by atoms with Crippen LogP contribution in [0.15, 0.2) is 10.7 Å². The van der Waals surface area contributed by atoms with Gasteiger partial charge in [-0.05, 0) is 48.0 Å². The normalized spacial score (nSPS) is 19.1. The van der Waals surface area contributed by atoms with E-state index < -0.39 is 4.92 Å². The summed E-state index contributed by atoms with van der Waals surface area (Å²) in [6, 6.07) is 0. The average molecular weight is 344 g/mol. The van der Waals surface area contributed by atoms with E-state index in [1.54, 1.807) is 6.92 Å². The monoisotopic (exact) mass is 343 g/mol. The smallest absolute Gasteiger partial charge is 0.291 e. The largest absolute Gasteiger partial charge is 0.396 e. The molecule has 0 aliphatic carbocycles. The molecule has 20 heavy (non-hydrogen) atoms. The molecule has 1 aliphatic rings. The van der Waals surface area contributed by atoms with Crippen molar-refractivity contribution in [3.8, 4) is 0 Å². The zero-order valence-corrected chi connectivity index (χ0v) is 13.0. The summed E-state index contributed by atoms with van der Waals surface area (Å²) >= 11 is 3.44. The van der Waals surface area contributed by atoms with Crippen LogP contribution in [0, 0.1) is 23.0 Å². The van der Waals surface area contributed by atoms with Crippen LogP contribution in [0.1, 0.15) is 24.8 Å². The Morgan fingerprint density at radius 1 is 1.65 bits per heavy atom. The van der Waals surface area contributed by atoms with Crippen LogP contribution in [0.5, 0.6) is 0 Å². The Hall–Kier alpha value is -1.21. The van der Waals surface area contributed by atoms with Gasteiger partial charge in [-0.15, -0.1) is 0 Å². The van der Waals surface area contributed by atoms with Gasteiger partial charge in [-0.2, -0.15) is 0 Å². The summed E-state index contributed by atoms with van der Waals surface area (Å²) in [6.45, 7) is 3.66. The van der Waals surface area contributed by atoms with Gasteiger partial charge in [0.25, 0.3) is 5.69 Å². The molecule has 1 aromatic rings. The summed E-state index contributed by atoms with van der Waals surface area (Å²) in [6.07, 6.45) is 4.28. The fourth-order valence-electron chi connectivity index (χ4n) is 2.64. The minimum Gasteiger partial charge on any atom is -0.396 e. The molecule has 1 aromatic heterocycles. The molecule has 2 heterocycles. The molecule has 1 unspecified atom stereocenters. The second-order valence-corrected chi connectivity index (χ2v) is 5.92. The highest BCUT2D eigenvalue weighted by Gasteiger charge is 2.25. The van der Waals surface area contributed by atoms with Crippen LogP contribution in [0.3, 0.4) is 0 Å². The fraction of sp³-hybridized carbons (Fsp3) is 0.615. The molecule has 0 amide bonds. The number of aliphatic hydroxyl groups excluding tert-OH is 1. The van der Waals surface area contributed by atoms with E-state index in [1.165, 1.54) is 6.20 Å². The number of aromatic nitrogens is 1. The molecular weight excluding hydrogens is 326 g/mol. The van der Waals surface area contributed by atoms with Crippen LogP contribution >= 0.6 is 15.9 Å². The Balaban J connectivity index is 2.24. The van der Waals surface area contributed by atoms with Crippen molar-refractivity contribution in [3.63, 3.8) is 0 Å². The lowest BCUT2D eigenvalue weighted by atomic mass is 9.95. The van der Waals surface area contributed by atoms with Gasteiger partial charge in [-0.1, -0.05) is 0 Å². The van der Waals surface area contributed by atoms with Gasteiger partial charge in [0.05, 0.1) is 9.40 Å². The topological polar surface area (TPSA) is 79.5 Å². The Bertz CT molecular complexity index is 508. The SMILES string of the molecule is Cc1c([N+](=O)[O-])cnc(N2CCCC(CCO)C2)c1Br. The van der Waals surface area contributed by atoms with Crippen molar-refractivity contribution in [2.75, 3.05) is 24.6 Å². The van der Waals surface area contributed by atoms with Crippen molar-refractivity contribution in [1.82, 2.24) is 4.98 Å². The van der Waals surface area contributed by atoms with E-state index in [9.17, 15) is 10.1 Å². The first-order valence-electron chi connectivity index (χ1n) is 6.70. The molecule has 0 bridgehead atoms. The standard InChI is InChI=1S/C13H18BrN3O3/c1-9-11(17(19)20)7-15-13(12(9)14)16-5-2-3-10(8-16)4-6-18/h7,10,18H,2-6,8H2,1H3. The lowest BCUT2D eigenvalue weighted by molar-refractivity contribution is -0.385. The lowest BCUT2D eigenvalue weighted by Gasteiger charge is -2.34. The maximum atomic E-state index is 10.9. The molecule has 7 heteroatoms. The van der Waals surface area contributed by atoms with Crippen LogP contribution in [0.4, 0.5) is 11.5 Å². The molecule has 6 nitrogen and oxygen atoms in total. The van der Waals surface area contributed by atoms with Crippen molar-refractivity contribution in [2.45, 2.75) is 26.2 Å². The average Bonchev–Trinajstić information content (AvgIpc) is 2.42. The third-order valence-electron chi connectivity index (χ3n) is 3.77. The summed E-state index contributed by atoms with van der Waals surface area (Å²) in [7, 11) is 0. The van der Waals surface area contributed by atoms with E-state index in [4.69, 9.17) is 5.11 Å². The third kappa shape index (κ3) is 3.09. The first-order chi connectivity index (χ1) is 9.54. The quantitative estimate of drug-likeness (QED) is 0.671. The summed E-state index contributed by atoms with van der Waals surface area (Å²) in [5.41, 5.74) is 0.633. The molecule has 0 radical (unpaired) electrons. The minimum atomic E-state index is -0.415. The van der Waals surface area contributed by atoms with Crippen molar-refractivity contribution in [3.05, 3.63) is 26.3 Å². The van der Waals surface area contributed by atoms with E-state index >= 15 is 0 Å². The molecule has 2 rings (SSSR count). The van der Waals surface area contributed by atoms with Crippen LogP contribution in [0.2, 0.25) is 0 Å². The fourth-order valence-corrected chi connectivity index (χ4v) is 3.19. The lowest BCUT2D eigenvalue weighted by Crippen LogP contribution is -2.36. The number of aliphatic hydroxyl groups is 1. The van der Waals surface area contributed by atoms with Crippen LogP contribution in [0.25, 0.3) is 0 Å². The number of hydrogen-bond acceptors (Lipinski definition) is 5. The van der Waals surface area contributed by atoms with E-state index in [0.717, 1.165) is 38.2 Å². The molecular formula is C13H18BrN3O3. The second kappa shape index (κ2) is 6.49. The van der Waals surface area contributed by atoms with Crippen molar-refractivity contribution < 1.29 is 10.0 Å². The maximum Gasteiger partial charge on any atom is 0.291 e. The molecule has 1 saturated heterocycles.